The molecule has 0 fully saturated rings. The summed E-state index contributed by atoms with van der Waals surface area (Å²) in [5, 5.41) is 3.66. The Morgan fingerprint density at radius 3 is 1.62 bits per heavy atom. The van der Waals surface area contributed by atoms with Crippen LogP contribution in [0.25, 0.3) is 0 Å². The maximum Gasteiger partial charge on any atom is 0.201 e. The number of aromatic nitrogens is 1. The van der Waals surface area contributed by atoms with Gasteiger partial charge in [0.15, 0.2) is 5.82 Å². The van der Waals surface area contributed by atoms with Crippen LogP contribution in [-0.4, -0.2) is 18.2 Å². The minimum absolute atomic E-state index is 0.356. The standard InChI is InChI=1S/C32H35FN2O2/c1-4-16-27-30(33)28(23-29(34-27)31(36-5-2)37-6-3)35-32(24-17-10-7-11-18-24,25-19-12-8-13-20-25)26-21-14-9-15-22-26/h7-15,17-23,31H,4-6,16H2,1-3H3,(H,34,35). The monoisotopic (exact) mass is 498 g/mol. The van der Waals surface area contributed by atoms with Crippen molar-refractivity contribution in [2.75, 3.05) is 18.5 Å². The molecule has 0 aliphatic heterocycles. The number of halogens is 1. The van der Waals surface area contributed by atoms with Crippen LogP contribution in [0.5, 0.6) is 0 Å². The lowest BCUT2D eigenvalue weighted by Gasteiger charge is -2.38. The Bertz CT molecular complexity index is 1150. The molecule has 4 rings (SSSR count). The smallest absolute Gasteiger partial charge is 0.201 e. The fourth-order valence-corrected chi connectivity index (χ4v) is 4.72. The van der Waals surface area contributed by atoms with Gasteiger partial charge < -0.3 is 14.8 Å². The van der Waals surface area contributed by atoms with Crippen molar-refractivity contribution < 1.29 is 13.9 Å². The SMILES string of the molecule is CCCc1nc(C(OCC)OCC)cc(NC(c2ccccc2)(c2ccccc2)c2ccccc2)c1F. The maximum atomic E-state index is 16.1. The molecular weight excluding hydrogens is 463 g/mol. The van der Waals surface area contributed by atoms with Crippen molar-refractivity contribution in [3.63, 3.8) is 0 Å². The van der Waals surface area contributed by atoms with E-state index in [2.05, 4.69) is 46.7 Å². The minimum Gasteiger partial charge on any atom is -0.365 e. The summed E-state index contributed by atoms with van der Waals surface area (Å²) in [6.07, 6.45) is 0.599. The summed E-state index contributed by atoms with van der Waals surface area (Å²) in [6, 6.07) is 32.2. The Hall–Kier alpha value is -3.54. The third-order valence-corrected chi connectivity index (χ3v) is 6.35. The van der Waals surface area contributed by atoms with E-state index in [0.717, 1.165) is 23.1 Å². The van der Waals surface area contributed by atoms with Crippen LogP contribution in [0.3, 0.4) is 0 Å². The Morgan fingerprint density at radius 1 is 0.757 bits per heavy atom. The Balaban J connectivity index is 1.98. The van der Waals surface area contributed by atoms with Crippen LogP contribution in [-0.2, 0) is 21.4 Å². The van der Waals surface area contributed by atoms with Crippen LogP contribution in [0.15, 0.2) is 97.1 Å². The highest BCUT2D eigenvalue weighted by Gasteiger charge is 2.37. The Morgan fingerprint density at radius 2 is 1.22 bits per heavy atom. The molecule has 4 aromatic rings. The van der Waals surface area contributed by atoms with Crippen LogP contribution in [0.1, 0.15) is 61.6 Å². The highest BCUT2D eigenvalue weighted by Crippen LogP contribution is 2.41. The zero-order chi connectivity index (χ0) is 26.1. The van der Waals surface area contributed by atoms with Crippen molar-refractivity contribution in [2.45, 2.75) is 45.4 Å². The van der Waals surface area contributed by atoms with Crippen LogP contribution >= 0.6 is 0 Å². The molecule has 37 heavy (non-hydrogen) atoms. The largest absolute Gasteiger partial charge is 0.365 e. The van der Waals surface area contributed by atoms with Crippen LogP contribution in [0.4, 0.5) is 10.1 Å². The van der Waals surface area contributed by atoms with E-state index in [1.54, 1.807) is 6.07 Å². The molecule has 1 aromatic heterocycles. The van der Waals surface area contributed by atoms with Gasteiger partial charge in [0.1, 0.15) is 5.54 Å². The molecule has 0 bridgehead atoms. The molecule has 0 spiro atoms. The predicted octanol–water partition coefficient (Wildman–Crippen LogP) is 7.65. The van der Waals surface area contributed by atoms with E-state index < -0.39 is 11.8 Å². The molecule has 3 aromatic carbocycles. The Labute approximate surface area is 219 Å². The highest BCUT2D eigenvalue weighted by atomic mass is 19.1. The molecule has 192 valence electrons. The van der Waals surface area contributed by atoms with Crippen LogP contribution < -0.4 is 5.32 Å². The summed E-state index contributed by atoms with van der Waals surface area (Å²) in [5.74, 6) is -0.357. The summed E-state index contributed by atoms with van der Waals surface area (Å²) in [4.78, 5) is 4.64. The Kier molecular flexibility index (Phi) is 9.04. The number of anilines is 1. The van der Waals surface area contributed by atoms with Gasteiger partial charge in [0.05, 0.1) is 17.1 Å². The van der Waals surface area contributed by atoms with Crippen LogP contribution in [0, 0.1) is 5.82 Å². The number of ether oxygens (including phenoxy) is 2. The first kappa shape index (κ1) is 26.5. The van der Waals surface area contributed by atoms with Crippen molar-refractivity contribution in [1.29, 1.82) is 0 Å². The van der Waals surface area contributed by atoms with Gasteiger partial charge in [-0.1, -0.05) is 104 Å². The zero-order valence-corrected chi connectivity index (χ0v) is 21.8. The molecule has 4 nitrogen and oxygen atoms in total. The number of nitrogens with one attached hydrogen (secondary N) is 1. The van der Waals surface area contributed by atoms with E-state index in [9.17, 15) is 0 Å². The van der Waals surface area contributed by atoms with Gasteiger partial charge in [-0.15, -0.1) is 0 Å². The number of rotatable bonds is 12. The normalized spacial score (nSPS) is 11.6. The van der Waals surface area contributed by atoms with Gasteiger partial charge in [0.25, 0.3) is 0 Å². The second-order valence-electron chi connectivity index (χ2n) is 8.82. The number of hydrogen-bond acceptors (Lipinski definition) is 4. The number of aryl methyl sites for hydroxylation is 1. The lowest BCUT2D eigenvalue weighted by atomic mass is 9.76. The fourth-order valence-electron chi connectivity index (χ4n) is 4.72. The molecule has 0 radical (unpaired) electrons. The topological polar surface area (TPSA) is 43.4 Å². The highest BCUT2D eigenvalue weighted by molar-refractivity contribution is 5.61. The van der Waals surface area contributed by atoms with Gasteiger partial charge in [0, 0.05) is 13.2 Å². The van der Waals surface area contributed by atoms with E-state index in [0.29, 0.717) is 36.7 Å². The summed E-state index contributed by atoms with van der Waals surface area (Å²) in [7, 11) is 0. The van der Waals surface area contributed by atoms with E-state index in [1.807, 2.05) is 75.4 Å². The maximum absolute atomic E-state index is 16.1. The molecule has 0 saturated heterocycles. The third kappa shape index (κ3) is 5.74. The molecule has 1 N–H and O–H groups in total. The van der Waals surface area contributed by atoms with Crippen molar-refractivity contribution in [3.8, 4) is 0 Å². The first-order valence-electron chi connectivity index (χ1n) is 13.0. The van der Waals surface area contributed by atoms with Gasteiger partial charge >= 0.3 is 0 Å². The van der Waals surface area contributed by atoms with Crippen molar-refractivity contribution in [3.05, 3.63) is 131 Å². The second-order valence-corrected chi connectivity index (χ2v) is 8.82. The summed E-state index contributed by atoms with van der Waals surface area (Å²) < 4.78 is 27.8. The zero-order valence-electron chi connectivity index (χ0n) is 21.8. The average molecular weight is 499 g/mol. The lowest BCUT2D eigenvalue weighted by molar-refractivity contribution is -0.142. The molecule has 1 heterocycles. The number of pyridine rings is 1. The third-order valence-electron chi connectivity index (χ3n) is 6.35. The molecule has 0 unspecified atom stereocenters. The van der Waals surface area contributed by atoms with E-state index in [-0.39, 0.29) is 5.82 Å². The van der Waals surface area contributed by atoms with E-state index in [4.69, 9.17) is 9.47 Å². The molecule has 0 saturated carbocycles. The first-order chi connectivity index (χ1) is 18.1. The molecule has 0 amide bonds. The van der Waals surface area contributed by atoms with Crippen molar-refractivity contribution in [2.24, 2.45) is 0 Å². The average Bonchev–Trinajstić information content (AvgIpc) is 2.95. The quantitative estimate of drug-likeness (QED) is 0.161. The lowest BCUT2D eigenvalue weighted by Crippen LogP contribution is -2.38. The van der Waals surface area contributed by atoms with Gasteiger partial charge in [-0.25, -0.2) is 9.37 Å². The first-order valence-corrected chi connectivity index (χ1v) is 13.0. The van der Waals surface area contributed by atoms with E-state index in [1.165, 1.54) is 0 Å². The molecule has 0 atom stereocenters. The predicted molar refractivity (Wildman–Crippen MR) is 147 cm³/mol. The number of hydrogen-bond donors (Lipinski definition) is 1. The minimum atomic E-state index is -0.862. The number of nitrogens with zero attached hydrogens (tertiary/aromatic N) is 1. The van der Waals surface area contributed by atoms with Gasteiger partial charge in [-0.05, 0) is 43.0 Å². The second kappa shape index (κ2) is 12.6. The van der Waals surface area contributed by atoms with Gasteiger partial charge in [0.2, 0.25) is 6.29 Å². The van der Waals surface area contributed by atoms with Gasteiger partial charge in [-0.2, -0.15) is 0 Å². The van der Waals surface area contributed by atoms with Crippen molar-refractivity contribution >= 4 is 5.69 Å². The van der Waals surface area contributed by atoms with E-state index >= 15 is 4.39 Å². The molecular formula is C32H35FN2O2. The molecule has 0 aliphatic rings. The summed E-state index contributed by atoms with van der Waals surface area (Å²) in [5.41, 5.74) is 3.43. The van der Waals surface area contributed by atoms with Gasteiger partial charge in [-0.3, -0.25) is 0 Å². The summed E-state index contributed by atoms with van der Waals surface area (Å²) in [6.45, 7) is 6.75. The van der Waals surface area contributed by atoms with Crippen molar-refractivity contribution in [1.82, 2.24) is 4.98 Å². The molecule has 0 aliphatic carbocycles. The summed E-state index contributed by atoms with van der Waals surface area (Å²) >= 11 is 0. The number of benzene rings is 3. The fraction of sp³-hybridized carbons (Fsp3) is 0.281. The van der Waals surface area contributed by atoms with Crippen LogP contribution in [0.2, 0.25) is 0 Å². The molecule has 5 heteroatoms.